The van der Waals surface area contributed by atoms with Gasteiger partial charge in [-0.2, -0.15) is 4.98 Å². The van der Waals surface area contributed by atoms with Crippen molar-refractivity contribution in [2.24, 2.45) is 0 Å². The van der Waals surface area contributed by atoms with Crippen LogP contribution < -0.4 is 15.2 Å². The van der Waals surface area contributed by atoms with Crippen LogP contribution >= 0.6 is 0 Å². The third kappa shape index (κ3) is 6.55. The minimum atomic E-state index is -1.05. The zero-order valence-corrected chi connectivity index (χ0v) is 19.6. The van der Waals surface area contributed by atoms with Crippen molar-refractivity contribution in [3.63, 3.8) is 0 Å². The summed E-state index contributed by atoms with van der Waals surface area (Å²) in [7, 11) is 0. The Labute approximate surface area is 196 Å². The molecule has 0 bridgehead atoms. The van der Waals surface area contributed by atoms with Crippen molar-refractivity contribution in [2.45, 2.75) is 65.5 Å². The summed E-state index contributed by atoms with van der Waals surface area (Å²) in [6.45, 7) is 5.53. The molecule has 0 radical (unpaired) electrons. The Morgan fingerprint density at radius 1 is 1.18 bits per heavy atom. The second-order valence-corrected chi connectivity index (χ2v) is 8.25. The molecule has 34 heavy (non-hydrogen) atoms. The maximum atomic E-state index is 12.2. The second kappa shape index (κ2) is 11.6. The predicted molar refractivity (Wildman–Crippen MR) is 124 cm³/mol. The molecule has 0 aliphatic heterocycles. The van der Waals surface area contributed by atoms with Gasteiger partial charge in [-0.25, -0.2) is 19.0 Å². The van der Waals surface area contributed by atoms with Crippen LogP contribution in [0.1, 0.15) is 56.6 Å². The molecule has 1 fully saturated rings. The largest absolute Gasteiger partial charge is 0.481 e. The van der Waals surface area contributed by atoms with Crippen molar-refractivity contribution in [3.8, 4) is 23.1 Å². The Kier molecular flexibility index (Phi) is 8.61. The van der Waals surface area contributed by atoms with E-state index < -0.39 is 24.4 Å². The Morgan fingerprint density at radius 3 is 2.41 bits per heavy atom. The number of nitrogens with one attached hydrogen (secondary N) is 1. The van der Waals surface area contributed by atoms with E-state index in [9.17, 15) is 14.0 Å². The van der Waals surface area contributed by atoms with E-state index in [1.165, 1.54) is 6.42 Å². The molecule has 2 N–H and O–H groups in total. The van der Waals surface area contributed by atoms with Gasteiger partial charge in [-0.05, 0) is 56.4 Å². The van der Waals surface area contributed by atoms with Gasteiger partial charge < -0.3 is 19.0 Å². The van der Waals surface area contributed by atoms with Gasteiger partial charge in [0, 0.05) is 5.56 Å². The summed E-state index contributed by atoms with van der Waals surface area (Å²) >= 11 is 0. The highest BCUT2D eigenvalue weighted by atomic mass is 19.1. The molecule has 9 nitrogen and oxygen atoms in total. The van der Waals surface area contributed by atoms with Gasteiger partial charge >= 0.3 is 11.7 Å². The lowest BCUT2D eigenvalue weighted by Gasteiger charge is -2.12. The van der Waals surface area contributed by atoms with E-state index >= 15 is 0 Å². The summed E-state index contributed by atoms with van der Waals surface area (Å²) in [6.07, 6.45) is 5.41. The average molecular weight is 476 g/mol. The van der Waals surface area contributed by atoms with Gasteiger partial charge in [0.25, 0.3) is 0 Å². The Bertz CT molecular complexity index is 1160. The van der Waals surface area contributed by atoms with Crippen LogP contribution in [-0.2, 0) is 4.79 Å². The topological polar surface area (TPSA) is 128 Å². The van der Waals surface area contributed by atoms with Crippen LogP contribution in [0.4, 0.5) is 4.39 Å². The molecule has 1 aromatic carbocycles. The number of oxazole rings is 1. The molecule has 0 spiro atoms. The van der Waals surface area contributed by atoms with Crippen molar-refractivity contribution >= 4 is 17.2 Å². The number of aliphatic carboxylic acids is 1. The summed E-state index contributed by atoms with van der Waals surface area (Å²) in [5, 5.41) is 8.78. The number of carboxylic acids is 1. The number of hydrogen-bond donors (Lipinski definition) is 2. The predicted octanol–water partition coefficient (Wildman–Crippen LogP) is 4.74. The van der Waals surface area contributed by atoms with Gasteiger partial charge in [0.2, 0.25) is 17.5 Å². The van der Waals surface area contributed by atoms with Crippen molar-refractivity contribution in [1.82, 2.24) is 15.0 Å². The van der Waals surface area contributed by atoms with Gasteiger partial charge in [-0.1, -0.05) is 26.2 Å². The fourth-order valence-electron chi connectivity index (χ4n) is 3.73. The fraction of sp³-hybridized carbons (Fsp3) is 0.500. The van der Waals surface area contributed by atoms with E-state index in [1.807, 2.05) is 6.92 Å². The third-order valence-corrected chi connectivity index (χ3v) is 5.28. The summed E-state index contributed by atoms with van der Waals surface area (Å²) in [4.78, 5) is 33.1. The zero-order valence-electron chi connectivity index (χ0n) is 19.6. The smallest absolute Gasteiger partial charge is 0.351 e. The van der Waals surface area contributed by atoms with E-state index in [2.05, 4.69) is 15.0 Å². The van der Waals surface area contributed by atoms with Crippen LogP contribution in [0.2, 0.25) is 0 Å². The number of carboxylic acid groups (broad SMARTS) is 1. The van der Waals surface area contributed by atoms with Crippen LogP contribution in [0, 0.1) is 13.8 Å². The number of benzene rings is 1. The lowest BCUT2D eigenvalue weighted by Crippen LogP contribution is -2.12. The number of halogens is 1. The Hall–Kier alpha value is -3.43. The average Bonchev–Trinajstić information content (AvgIpc) is 3.21. The second-order valence-electron chi connectivity index (χ2n) is 8.25. The van der Waals surface area contributed by atoms with Gasteiger partial charge in [-0.15, -0.1) is 0 Å². The normalized spacial score (nSPS) is 13.9. The number of rotatable bonds is 7. The van der Waals surface area contributed by atoms with E-state index in [0.29, 0.717) is 23.4 Å². The number of ether oxygens (including phenoxy) is 2. The molecule has 1 aliphatic rings. The van der Waals surface area contributed by atoms with Crippen molar-refractivity contribution < 1.29 is 28.2 Å². The first-order valence-corrected chi connectivity index (χ1v) is 11.4. The van der Waals surface area contributed by atoms with Gasteiger partial charge in [0.05, 0.1) is 6.61 Å². The first-order valence-electron chi connectivity index (χ1n) is 11.4. The van der Waals surface area contributed by atoms with Crippen LogP contribution in [-0.4, -0.2) is 45.4 Å². The van der Waals surface area contributed by atoms with Crippen LogP contribution in [0.5, 0.6) is 11.6 Å². The maximum Gasteiger partial charge on any atom is 0.351 e. The van der Waals surface area contributed by atoms with Gasteiger partial charge in [0.15, 0.2) is 12.1 Å². The molecular weight excluding hydrogens is 445 g/mol. The first kappa shape index (κ1) is 25.2. The summed E-state index contributed by atoms with van der Waals surface area (Å²) < 4.78 is 28.7. The quantitative estimate of drug-likeness (QED) is 0.502. The van der Waals surface area contributed by atoms with E-state index in [1.54, 1.807) is 26.0 Å². The molecule has 3 aromatic rings. The van der Waals surface area contributed by atoms with Crippen molar-refractivity contribution in [3.05, 3.63) is 33.7 Å². The number of aromatic nitrogens is 3. The molecule has 4 rings (SSSR count). The Morgan fingerprint density at radius 2 is 1.85 bits per heavy atom. The van der Waals surface area contributed by atoms with E-state index in [4.69, 9.17) is 19.0 Å². The molecule has 0 amide bonds. The summed E-state index contributed by atoms with van der Waals surface area (Å²) in [5.41, 5.74) is 2.06. The number of aryl methyl sites for hydroxylation is 2. The summed E-state index contributed by atoms with van der Waals surface area (Å²) in [6, 6.07) is 3.54. The number of hydrogen-bond acceptors (Lipinski definition) is 7. The number of H-pyrrole nitrogens is 1. The fourth-order valence-corrected chi connectivity index (χ4v) is 3.73. The van der Waals surface area contributed by atoms with Crippen molar-refractivity contribution in [1.29, 1.82) is 0 Å². The van der Waals surface area contributed by atoms with Crippen LogP contribution in [0.25, 0.3) is 22.7 Å². The molecule has 2 aromatic heterocycles. The maximum absolute atomic E-state index is 12.2. The number of aromatic amines is 1. The summed E-state index contributed by atoms with van der Waals surface area (Å²) in [5.74, 6) is -0.140. The lowest BCUT2D eigenvalue weighted by atomic mass is 9.99. The third-order valence-electron chi connectivity index (χ3n) is 5.28. The zero-order chi connectivity index (χ0) is 24.7. The highest BCUT2D eigenvalue weighted by Gasteiger charge is 2.18. The minimum Gasteiger partial charge on any atom is -0.481 e. The standard InChI is InChI=1S/C18H19N3O6.C6H11F/c1-4-5-25-16-13-17(21-18(24)20-16)27-15(19-13)11-6-9(2)14(10(3)7-11)26-8-12(22)23;7-6-4-2-1-3-5-6/h6-7H,4-5,8H2,1-3H3,(H,22,23)(H,20,21,24);6H,1-5H2. The van der Waals surface area contributed by atoms with E-state index in [0.717, 1.165) is 43.2 Å². The van der Waals surface area contributed by atoms with Crippen LogP contribution in [0.3, 0.4) is 0 Å². The SMILES string of the molecule is CCCOc1nc(=O)[nH]c2oc(-c3cc(C)c(OCC(=O)O)c(C)c3)nc12.FC1CCCCC1. The molecule has 1 saturated carbocycles. The molecule has 0 unspecified atom stereocenters. The molecule has 2 heterocycles. The number of alkyl halides is 1. The number of carbonyl (C=O) groups is 1. The monoisotopic (exact) mass is 475 g/mol. The highest BCUT2D eigenvalue weighted by Crippen LogP contribution is 2.32. The molecule has 10 heteroatoms. The molecular formula is C24H30FN3O6. The number of fused-ring (bicyclic) bond motifs is 1. The number of nitrogens with zero attached hydrogens (tertiary/aromatic N) is 2. The van der Waals surface area contributed by atoms with Crippen molar-refractivity contribution in [2.75, 3.05) is 13.2 Å². The van der Waals surface area contributed by atoms with Crippen LogP contribution in [0.15, 0.2) is 21.3 Å². The molecule has 0 atom stereocenters. The van der Waals surface area contributed by atoms with E-state index in [-0.39, 0.29) is 17.5 Å². The lowest BCUT2D eigenvalue weighted by molar-refractivity contribution is -0.139. The van der Waals surface area contributed by atoms with Gasteiger partial charge in [-0.3, -0.25) is 4.98 Å². The molecule has 0 saturated heterocycles. The van der Waals surface area contributed by atoms with Gasteiger partial charge in [0.1, 0.15) is 11.9 Å². The first-order chi connectivity index (χ1) is 16.3. The minimum absolute atomic E-state index is 0.125. The molecule has 1 aliphatic carbocycles. The Balaban J connectivity index is 0.000000396. The highest BCUT2D eigenvalue weighted by molar-refractivity contribution is 5.77. The molecule has 184 valence electrons.